The molecule has 2 atom stereocenters. The summed E-state index contributed by atoms with van der Waals surface area (Å²) in [5.74, 6) is 1.03. The molecule has 0 aliphatic carbocycles. The lowest BCUT2D eigenvalue weighted by Crippen LogP contribution is -2.32. The molecule has 1 aromatic heterocycles. The molecule has 1 N–H and O–H groups in total. The Balaban J connectivity index is 1.54. The van der Waals surface area contributed by atoms with Gasteiger partial charge in [0.25, 0.3) is 0 Å². The van der Waals surface area contributed by atoms with Crippen LogP contribution in [-0.4, -0.2) is 17.6 Å². The Bertz CT molecular complexity index is 542. The standard InChI is InChI=1S/C15H18N2OS/c1-10(14-9-19-11(2)17-14)16-8-13-7-12-5-3-4-6-15(12)18-13/h3-6,9-10,13,16H,7-8H2,1-2H3. The number of rotatable bonds is 4. The fourth-order valence-electron chi connectivity index (χ4n) is 2.36. The molecule has 3 nitrogen and oxygen atoms in total. The van der Waals surface area contributed by atoms with Crippen molar-refractivity contribution in [2.75, 3.05) is 6.54 Å². The van der Waals surface area contributed by atoms with E-state index in [1.807, 2.05) is 19.1 Å². The molecule has 0 spiro atoms. The van der Waals surface area contributed by atoms with Gasteiger partial charge < -0.3 is 10.1 Å². The molecule has 2 heterocycles. The van der Waals surface area contributed by atoms with Gasteiger partial charge in [-0.2, -0.15) is 0 Å². The Kier molecular flexibility index (Phi) is 3.53. The summed E-state index contributed by atoms with van der Waals surface area (Å²) in [6.07, 6.45) is 1.23. The summed E-state index contributed by atoms with van der Waals surface area (Å²) in [6, 6.07) is 8.55. The van der Waals surface area contributed by atoms with E-state index < -0.39 is 0 Å². The highest BCUT2D eigenvalue weighted by molar-refractivity contribution is 7.09. The fourth-order valence-corrected chi connectivity index (χ4v) is 3.07. The molecule has 2 aromatic rings. The molecule has 100 valence electrons. The molecule has 3 rings (SSSR count). The van der Waals surface area contributed by atoms with Gasteiger partial charge in [-0.15, -0.1) is 11.3 Å². The number of hydrogen-bond acceptors (Lipinski definition) is 4. The predicted molar refractivity (Wildman–Crippen MR) is 77.8 cm³/mol. The van der Waals surface area contributed by atoms with Crippen LogP contribution in [-0.2, 0) is 6.42 Å². The smallest absolute Gasteiger partial charge is 0.123 e. The first-order valence-corrected chi connectivity index (χ1v) is 7.50. The van der Waals surface area contributed by atoms with Crippen LogP contribution in [0.2, 0.25) is 0 Å². The third kappa shape index (κ3) is 2.80. The number of nitrogens with one attached hydrogen (secondary N) is 1. The van der Waals surface area contributed by atoms with Crippen LogP contribution >= 0.6 is 11.3 Å². The normalized spacial score (nSPS) is 18.9. The minimum Gasteiger partial charge on any atom is -0.488 e. The molecule has 4 heteroatoms. The highest BCUT2D eigenvalue weighted by Gasteiger charge is 2.22. The van der Waals surface area contributed by atoms with E-state index in [-0.39, 0.29) is 12.1 Å². The lowest BCUT2D eigenvalue weighted by molar-refractivity contribution is 0.222. The third-order valence-corrected chi connectivity index (χ3v) is 4.24. The maximum Gasteiger partial charge on any atom is 0.123 e. The summed E-state index contributed by atoms with van der Waals surface area (Å²) in [5, 5.41) is 6.75. The van der Waals surface area contributed by atoms with Gasteiger partial charge in [0.2, 0.25) is 0 Å². The Morgan fingerprint density at radius 1 is 1.47 bits per heavy atom. The first-order valence-electron chi connectivity index (χ1n) is 6.62. The van der Waals surface area contributed by atoms with Gasteiger partial charge in [-0.1, -0.05) is 18.2 Å². The summed E-state index contributed by atoms with van der Waals surface area (Å²) in [7, 11) is 0. The van der Waals surface area contributed by atoms with Crippen molar-refractivity contribution in [3.8, 4) is 5.75 Å². The second-order valence-electron chi connectivity index (χ2n) is 4.97. The number of fused-ring (bicyclic) bond motifs is 1. The van der Waals surface area contributed by atoms with E-state index in [0.717, 1.165) is 29.4 Å². The van der Waals surface area contributed by atoms with Gasteiger partial charge in [0.15, 0.2) is 0 Å². The van der Waals surface area contributed by atoms with Crippen LogP contribution in [0.5, 0.6) is 5.75 Å². The number of ether oxygens (including phenoxy) is 1. The van der Waals surface area contributed by atoms with E-state index in [4.69, 9.17) is 4.74 Å². The van der Waals surface area contributed by atoms with Gasteiger partial charge in [0.1, 0.15) is 11.9 Å². The predicted octanol–water partition coefficient (Wildman–Crippen LogP) is 3.11. The Morgan fingerprint density at radius 2 is 2.32 bits per heavy atom. The van der Waals surface area contributed by atoms with Crippen molar-refractivity contribution in [3.05, 3.63) is 45.9 Å². The second kappa shape index (κ2) is 5.31. The zero-order chi connectivity index (χ0) is 13.2. The Hall–Kier alpha value is -1.39. The molecule has 1 aliphatic rings. The van der Waals surface area contributed by atoms with Crippen LogP contribution in [0.15, 0.2) is 29.6 Å². The topological polar surface area (TPSA) is 34.2 Å². The van der Waals surface area contributed by atoms with E-state index in [1.54, 1.807) is 11.3 Å². The lowest BCUT2D eigenvalue weighted by Gasteiger charge is -2.15. The molecule has 0 fully saturated rings. The highest BCUT2D eigenvalue weighted by atomic mass is 32.1. The molecule has 0 saturated carbocycles. The molecular weight excluding hydrogens is 256 g/mol. The molecule has 0 bridgehead atoms. The van der Waals surface area contributed by atoms with Gasteiger partial charge in [0.05, 0.1) is 10.7 Å². The van der Waals surface area contributed by atoms with Gasteiger partial charge in [0, 0.05) is 24.4 Å². The van der Waals surface area contributed by atoms with Crippen LogP contribution in [0.1, 0.15) is 29.2 Å². The van der Waals surface area contributed by atoms with E-state index >= 15 is 0 Å². The van der Waals surface area contributed by atoms with Crippen LogP contribution in [0.3, 0.4) is 0 Å². The van der Waals surface area contributed by atoms with Crippen molar-refractivity contribution >= 4 is 11.3 Å². The summed E-state index contributed by atoms with van der Waals surface area (Å²) in [6.45, 7) is 5.04. The Labute approximate surface area is 117 Å². The van der Waals surface area contributed by atoms with E-state index in [0.29, 0.717) is 0 Å². The van der Waals surface area contributed by atoms with Crippen molar-refractivity contribution in [3.63, 3.8) is 0 Å². The van der Waals surface area contributed by atoms with Gasteiger partial charge in [-0.3, -0.25) is 0 Å². The average molecular weight is 274 g/mol. The molecule has 0 radical (unpaired) electrons. The van der Waals surface area contributed by atoms with Crippen LogP contribution in [0, 0.1) is 6.92 Å². The molecule has 1 aliphatic heterocycles. The third-order valence-electron chi connectivity index (χ3n) is 3.45. The Morgan fingerprint density at radius 3 is 3.05 bits per heavy atom. The summed E-state index contributed by atoms with van der Waals surface area (Å²) in [5.41, 5.74) is 2.43. The van der Waals surface area contributed by atoms with Gasteiger partial charge in [-0.05, 0) is 25.5 Å². The monoisotopic (exact) mass is 274 g/mol. The summed E-state index contributed by atoms with van der Waals surface area (Å²) >= 11 is 1.70. The number of thiazole rings is 1. The summed E-state index contributed by atoms with van der Waals surface area (Å²) in [4.78, 5) is 4.51. The maximum absolute atomic E-state index is 5.92. The first-order chi connectivity index (χ1) is 9.22. The fraction of sp³-hybridized carbons (Fsp3) is 0.400. The maximum atomic E-state index is 5.92. The molecule has 19 heavy (non-hydrogen) atoms. The molecule has 1 aromatic carbocycles. The van der Waals surface area contributed by atoms with E-state index in [9.17, 15) is 0 Å². The van der Waals surface area contributed by atoms with Crippen LogP contribution in [0.4, 0.5) is 0 Å². The number of aryl methyl sites for hydroxylation is 1. The second-order valence-corrected chi connectivity index (χ2v) is 6.04. The zero-order valence-corrected chi connectivity index (χ0v) is 12.0. The van der Waals surface area contributed by atoms with Gasteiger partial charge in [-0.25, -0.2) is 4.98 Å². The zero-order valence-electron chi connectivity index (χ0n) is 11.2. The number of nitrogens with zero attached hydrogens (tertiary/aromatic N) is 1. The molecular formula is C15H18N2OS. The van der Waals surface area contributed by atoms with Crippen molar-refractivity contribution < 1.29 is 4.74 Å². The SMILES string of the molecule is Cc1nc(C(C)NCC2Cc3ccccc3O2)cs1. The molecule has 0 saturated heterocycles. The van der Waals surface area contributed by atoms with E-state index in [2.05, 4.69) is 34.7 Å². The van der Waals surface area contributed by atoms with Crippen molar-refractivity contribution in [2.24, 2.45) is 0 Å². The minimum atomic E-state index is 0.236. The molecule has 2 unspecified atom stereocenters. The molecule has 0 amide bonds. The lowest BCUT2D eigenvalue weighted by atomic mass is 10.1. The van der Waals surface area contributed by atoms with Gasteiger partial charge >= 0.3 is 0 Å². The van der Waals surface area contributed by atoms with Crippen LogP contribution < -0.4 is 10.1 Å². The number of para-hydroxylation sites is 1. The summed E-state index contributed by atoms with van der Waals surface area (Å²) < 4.78 is 5.92. The minimum absolute atomic E-state index is 0.236. The number of aromatic nitrogens is 1. The van der Waals surface area contributed by atoms with Crippen molar-refractivity contribution in [1.29, 1.82) is 0 Å². The highest BCUT2D eigenvalue weighted by Crippen LogP contribution is 2.28. The average Bonchev–Trinajstić information content (AvgIpc) is 3.01. The van der Waals surface area contributed by atoms with Crippen LogP contribution in [0.25, 0.3) is 0 Å². The number of hydrogen-bond donors (Lipinski definition) is 1. The first kappa shape index (κ1) is 12.6. The van der Waals surface area contributed by atoms with Crippen molar-refractivity contribution in [2.45, 2.75) is 32.4 Å². The number of benzene rings is 1. The quantitative estimate of drug-likeness (QED) is 0.930. The van der Waals surface area contributed by atoms with Crippen molar-refractivity contribution in [1.82, 2.24) is 10.3 Å². The van der Waals surface area contributed by atoms with E-state index in [1.165, 1.54) is 5.56 Å². The largest absolute Gasteiger partial charge is 0.488 e.